The highest BCUT2D eigenvalue weighted by Gasteiger charge is 2.31. The van der Waals surface area contributed by atoms with Crippen molar-refractivity contribution < 1.29 is 4.39 Å². The summed E-state index contributed by atoms with van der Waals surface area (Å²) in [7, 11) is 0. The Morgan fingerprint density at radius 1 is 1.19 bits per heavy atom. The zero-order valence-corrected chi connectivity index (χ0v) is 14.4. The molecule has 1 aromatic carbocycles. The predicted octanol–water partition coefficient (Wildman–Crippen LogP) is 5.78. The van der Waals surface area contributed by atoms with E-state index in [1.807, 2.05) is 0 Å². The van der Waals surface area contributed by atoms with E-state index in [9.17, 15) is 4.39 Å². The van der Waals surface area contributed by atoms with E-state index in [1.54, 1.807) is 6.07 Å². The fourth-order valence-electron chi connectivity index (χ4n) is 3.45. The number of nitrogens with zero attached hydrogens (tertiary/aromatic N) is 1. The van der Waals surface area contributed by atoms with Crippen molar-refractivity contribution in [3.05, 3.63) is 28.2 Å². The Hall–Kier alpha value is -0.900. The van der Waals surface area contributed by atoms with E-state index in [4.69, 9.17) is 0 Å². The van der Waals surface area contributed by atoms with E-state index in [1.165, 1.54) is 31.7 Å². The van der Waals surface area contributed by atoms with E-state index >= 15 is 0 Å². The van der Waals surface area contributed by atoms with Gasteiger partial charge in [0.25, 0.3) is 0 Å². The standard InChI is InChI=1S/C17H22BrFN2/c1-17(2,3)11-6-4-10(5-7-11)16-20-14-8-12(18)13(19)9-15(14)21-16/h8-11H,4-7H2,1-3H3,(H,20,21). The Morgan fingerprint density at radius 3 is 2.48 bits per heavy atom. The second-order valence-corrected chi connectivity index (χ2v) is 8.17. The third-order valence-corrected chi connectivity index (χ3v) is 5.49. The molecule has 0 amide bonds. The number of halogens is 2. The molecule has 0 atom stereocenters. The maximum Gasteiger partial charge on any atom is 0.139 e. The van der Waals surface area contributed by atoms with Crippen LogP contribution in [0.4, 0.5) is 4.39 Å². The Bertz CT molecular complexity index is 610. The van der Waals surface area contributed by atoms with Gasteiger partial charge in [0.1, 0.15) is 11.6 Å². The number of aromatic nitrogens is 2. The summed E-state index contributed by atoms with van der Waals surface area (Å²) in [6.45, 7) is 7.00. The van der Waals surface area contributed by atoms with E-state index in [0.717, 1.165) is 22.8 Å². The monoisotopic (exact) mass is 352 g/mol. The Kier molecular flexibility index (Phi) is 3.85. The number of fused-ring (bicyclic) bond motifs is 1. The van der Waals surface area contributed by atoms with Crippen LogP contribution in [0.2, 0.25) is 0 Å². The molecule has 0 spiro atoms. The molecule has 3 rings (SSSR count). The number of hydrogen-bond donors (Lipinski definition) is 1. The summed E-state index contributed by atoms with van der Waals surface area (Å²) < 4.78 is 14.1. The van der Waals surface area contributed by atoms with Crippen LogP contribution < -0.4 is 0 Å². The van der Waals surface area contributed by atoms with Crippen molar-refractivity contribution in [1.29, 1.82) is 0 Å². The topological polar surface area (TPSA) is 28.7 Å². The Morgan fingerprint density at radius 2 is 1.86 bits per heavy atom. The number of aromatic amines is 1. The van der Waals surface area contributed by atoms with Gasteiger partial charge in [-0.3, -0.25) is 0 Å². The molecule has 1 aliphatic carbocycles. The molecule has 0 unspecified atom stereocenters. The van der Waals surface area contributed by atoms with Crippen molar-refractivity contribution in [3.8, 4) is 0 Å². The molecule has 1 fully saturated rings. The van der Waals surface area contributed by atoms with Gasteiger partial charge in [0.15, 0.2) is 0 Å². The first kappa shape index (κ1) is 15.0. The van der Waals surface area contributed by atoms with Crippen LogP contribution in [0.1, 0.15) is 58.2 Å². The van der Waals surface area contributed by atoms with Gasteiger partial charge in [-0.25, -0.2) is 9.37 Å². The third-order valence-electron chi connectivity index (χ3n) is 4.88. The van der Waals surface area contributed by atoms with Gasteiger partial charge in [-0.15, -0.1) is 0 Å². The molecule has 1 saturated carbocycles. The summed E-state index contributed by atoms with van der Waals surface area (Å²) in [5.41, 5.74) is 2.03. The first-order valence-electron chi connectivity index (χ1n) is 7.69. The van der Waals surface area contributed by atoms with Gasteiger partial charge in [-0.1, -0.05) is 20.8 Å². The Balaban J connectivity index is 1.79. The van der Waals surface area contributed by atoms with Gasteiger partial charge in [0.05, 0.1) is 15.5 Å². The van der Waals surface area contributed by atoms with E-state index in [-0.39, 0.29) is 5.82 Å². The first-order chi connectivity index (χ1) is 9.84. The highest BCUT2D eigenvalue weighted by Crippen LogP contribution is 2.42. The number of hydrogen-bond acceptors (Lipinski definition) is 1. The lowest BCUT2D eigenvalue weighted by Gasteiger charge is -2.36. The molecule has 1 aromatic heterocycles. The molecule has 2 nitrogen and oxygen atoms in total. The van der Waals surface area contributed by atoms with Crippen molar-refractivity contribution in [2.45, 2.75) is 52.4 Å². The van der Waals surface area contributed by atoms with Crippen LogP contribution in [0.15, 0.2) is 16.6 Å². The van der Waals surface area contributed by atoms with E-state index in [2.05, 4.69) is 46.7 Å². The lowest BCUT2D eigenvalue weighted by Crippen LogP contribution is -2.25. The maximum atomic E-state index is 13.6. The molecular formula is C17H22BrFN2. The van der Waals surface area contributed by atoms with Gasteiger partial charge < -0.3 is 4.98 Å². The number of benzene rings is 1. The summed E-state index contributed by atoms with van der Waals surface area (Å²) in [5, 5.41) is 0. The van der Waals surface area contributed by atoms with Crippen molar-refractivity contribution in [3.63, 3.8) is 0 Å². The van der Waals surface area contributed by atoms with Gasteiger partial charge in [-0.05, 0) is 59.0 Å². The molecule has 1 heterocycles. The zero-order chi connectivity index (χ0) is 15.2. The summed E-state index contributed by atoms with van der Waals surface area (Å²) >= 11 is 3.22. The summed E-state index contributed by atoms with van der Waals surface area (Å²) in [6.07, 6.45) is 4.85. The van der Waals surface area contributed by atoms with Gasteiger partial charge in [0.2, 0.25) is 0 Å². The predicted molar refractivity (Wildman–Crippen MR) is 87.9 cm³/mol. The highest BCUT2D eigenvalue weighted by atomic mass is 79.9. The van der Waals surface area contributed by atoms with Crippen LogP contribution >= 0.6 is 15.9 Å². The van der Waals surface area contributed by atoms with Crippen molar-refractivity contribution in [2.24, 2.45) is 11.3 Å². The van der Waals surface area contributed by atoms with E-state index in [0.29, 0.717) is 15.8 Å². The lowest BCUT2D eigenvalue weighted by molar-refractivity contribution is 0.167. The minimum Gasteiger partial charge on any atom is -0.342 e. The molecule has 4 heteroatoms. The van der Waals surface area contributed by atoms with Gasteiger partial charge >= 0.3 is 0 Å². The largest absolute Gasteiger partial charge is 0.342 e. The number of nitrogens with one attached hydrogen (secondary N) is 1. The van der Waals surface area contributed by atoms with Crippen molar-refractivity contribution >= 4 is 27.0 Å². The first-order valence-corrected chi connectivity index (χ1v) is 8.48. The normalized spacial score (nSPS) is 23.7. The lowest BCUT2D eigenvalue weighted by atomic mass is 9.70. The van der Waals surface area contributed by atoms with Crippen LogP contribution in [0.25, 0.3) is 11.0 Å². The number of rotatable bonds is 1. The third kappa shape index (κ3) is 3.01. The fourth-order valence-corrected chi connectivity index (χ4v) is 3.78. The van der Waals surface area contributed by atoms with Gasteiger partial charge in [0, 0.05) is 12.0 Å². The average Bonchev–Trinajstić information content (AvgIpc) is 2.81. The molecule has 2 aromatic rings. The second kappa shape index (κ2) is 5.38. The molecular weight excluding hydrogens is 331 g/mol. The summed E-state index contributed by atoms with van der Waals surface area (Å²) in [4.78, 5) is 7.99. The number of H-pyrrole nitrogens is 1. The zero-order valence-electron chi connectivity index (χ0n) is 12.8. The van der Waals surface area contributed by atoms with Crippen molar-refractivity contribution in [2.75, 3.05) is 0 Å². The minimum absolute atomic E-state index is 0.242. The molecule has 114 valence electrons. The average molecular weight is 353 g/mol. The van der Waals surface area contributed by atoms with Crippen LogP contribution in [-0.2, 0) is 0 Å². The van der Waals surface area contributed by atoms with Crippen LogP contribution in [-0.4, -0.2) is 9.97 Å². The maximum absolute atomic E-state index is 13.6. The Labute approximate surface area is 133 Å². The highest BCUT2D eigenvalue weighted by molar-refractivity contribution is 9.10. The molecule has 1 aliphatic rings. The van der Waals surface area contributed by atoms with Crippen LogP contribution in [0.3, 0.4) is 0 Å². The van der Waals surface area contributed by atoms with Crippen molar-refractivity contribution in [1.82, 2.24) is 9.97 Å². The molecule has 0 bridgehead atoms. The fraction of sp³-hybridized carbons (Fsp3) is 0.588. The minimum atomic E-state index is -0.242. The molecule has 0 radical (unpaired) electrons. The molecule has 0 aliphatic heterocycles. The quantitative estimate of drug-likeness (QED) is 0.691. The van der Waals surface area contributed by atoms with E-state index < -0.39 is 0 Å². The van der Waals surface area contributed by atoms with Crippen LogP contribution in [0.5, 0.6) is 0 Å². The van der Waals surface area contributed by atoms with Gasteiger partial charge in [-0.2, -0.15) is 0 Å². The smallest absolute Gasteiger partial charge is 0.139 e. The number of imidazole rings is 1. The summed E-state index contributed by atoms with van der Waals surface area (Å²) in [5.74, 6) is 2.06. The van der Waals surface area contributed by atoms with Crippen LogP contribution in [0, 0.1) is 17.2 Å². The molecule has 21 heavy (non-hydrogen) atoms. The second-order valence-electron chi connectivity index (χ2n) is 7.32. The molecule has 0 saturated heterocycles. The molecule has 1 N–H and O–H groups in total. The SMILES string of the molecule is CC(C)(C)C1CCC(c2nc3cc(Br)c(F)cc3[nH]2)CC1. The summed E-state index contributed by atoms with van der Waals surface area (Å²) in [6, 6.07) is 3.28.